The number of carboxylic acids is 1. The highest BCUT2D eigenvalue weighted by Gasteiger charge is 2.22. The number of hydrogen-bond donors (Lipinski definition) is 0. The van der Waals surface area contributed by atoms with Gasteiger partial charge in [-0.3, -0.25) is 9.59 Å². The van der Waals surface area contributed by atoms with E-state index in [4.69, 9.17) is 18.9 Å². The van der Waals surface area contributed by atoms with Gasteiger partial charge in [-0.05, 0) is 38.5 Å². The van der Waals surface area contributed by atoms with Crippen LogP contribution in [-0.2, 0) is 33.3 Å². The molecule has 0 saturated heterocycles. The predicted octanol–water partition coefficient (Wildman–Crippen LogP) is 21.9. The van der Waals surface area contributed by atoms with Crippen LogP contribution in [0.3, 0.4) is 0 Å². The van der Waals surface area contributed by atoms with Crippen molar-refractivity contribution in [2.45, 2.75) is 405 Å². The van der Waals surface area contributed by atoms with Gasteiger partial charge in [0, 0.05) is 12.8 Å². The molecule has 0 aliphatic carbocycles. The fraction of sp³-hybridized carbons (Fsp3) is 0.933. The number of carbonyl (C=O) groups excluding carboxylic acids is 3. The van der Waals surface area contributed by atoms with Crippen molar-refractivity contribution in [3.8, 4) is 0 Å². The molecule has 0 spiro atoms. The molecule has 0 amide bonds. The lowest BCUT2D eigenvalue weighted by Gasteiger charge is -2.26. The molecule has 0 aromatic carbocycles. The van der Waals surface area contributed by atoms with Crippen LogP contribution in [0, 0.1) is 0 Å². The monoisotopic (exact) mass is 1190 g/mol. The summed E-state index contributed by atoms with van der Waals surface area (Å²) in [6.07, 6.45) is 79.0. The van der Waals surface area contributed by atoms with Crippen molar-refractivity contribution in [3.63, 3.8) is 0 Å². The molecule has 0 aliphatic rings. The van der Waals surface area contributed by atoms with Gasteiger partial charge in [0.25, 0.3) is 0 Å². The third-order valence-corrected chi connectivity index (χ3v) is 17.3. The van der Waals surface area contributed by atoms with E-state index >= 15 is 0 Å². The zero-order valence-electron chi connectivity index (χ0n) is 57.1. The number of carbonyl (C=O) groups is 3. The highest BCUT2D eigenvalue weighted by Crippen LogP contribution is 2.20. The number of carboxylic acid groups (broad SMARTS) is 1. The van der Waals surface area contributed by atoms with Gasteiger partial charge in [0.05, 0.1) is 40.3 Å². The van der Waals surface area contributed by atoms with E-state index < -0.39 is 24.3 Å². The maximum Gasteiger partial charge on any atom is 0.306 e. The lowest BCUT2D eigenvalue weighted by Crippen LogP contribution is -2.44. The number of aliphatic carboxylic acids is 1. The SMILES string of the molecule is CCCCCCCCCC/C=C\CCCCCCCCCCCCCC(=O)OC(COC(=O)CCCCCCCCCCCCCCCCCCCCCCCCCCCCCCCCCCCCCC)COC(OCC[N+](C)(C)C)C(=O)[O-]. The molecule has 498 valence electrons. The van der Waals surface area contributed by atoms with Crippen molar-refractivity contribution in [1.82, 2.24) is 0 Å². The first-order valence-corrected chi connectivity index (χ1v) is 37.3. The summed E-state index contributed by atoms with van der Waals surface area (Å²) in [4.78, 5) is 37.5. The predicted molar refractivity (Wildman–Crippen MR) is 357 cm³/mol. The smallest absolute Gasteiger partial charge is 0.306 e. The molecule has 0 bridgehead atoms. The maximum absolute atomic E-state index is 12.9. The molecule has 0 radical (unpaired) electrons. The van der Waals surface area contributed by atoms with Crippen LogP contribution in [0.4, 0.5) is 0 Å². The van der Waals surface area contributed by atoms with Gasteiger partial charge in [0.2, 0.25) is 0 Å². The average Bonchev–Trinajstić information content (AvgIpc) is 3.51. The zero-order chi connectivity index (χ0) is 61.2. The van der Waals surface area contributed by atoms with Crippen molar-refractivity contribution in [2.24, 2.45) is 0 Å². The number of hydrogen-bond acceptors (Lipinski definition) is 8. The van der Waals surface area contributed by atoms with Gasteiger partial charge in [0.15, 0.2) is 12.4 Å². The standard InChI is InChI=1S/C75H145NO8/c1-6-8-10-12-14-16-18-20-22-24-26-28-30-31-32-33-34-35-36-37-38-39-40-41-42-44-45-47-49-51-53-55-57-59-61-63-65-72(77)82-69-71(70-83-75(74(79)80)81-68-67-76(3,4)5)84-73(78)66-64-62-60-58-56-54-52-50-48-46-43-29-27-25-23-21-19-17-15-13-11-9-7-2/h25,27,71,75H,6-24,26,28-70H2,1-5H3/b27-25-. The Morgan fingerprint density at radius 3 is 0.881 bits per heavy atom. The van der Waals surface area contributed by atoms with E-state index in [1.54, 1.807) is 0 Å². The molecule has 2 unspecified atom stereocenters. The van der Waals surface area contributed by atoms with Gasteiger partial charge in [-0.15, -0.1) is 0 Å². The minimum absolute atomic E-state index is 0.152. The quantitative estimate of drug-likeness (QED) is 0.0195. The van der Waals surface area contributed by atoms with E-state index in [-0.39, 0.29) is 32.2 Å². The van der Waals surface area contributed by atoms with E-state index in [1.807, 2.05) is 21.1 Å². The Bertz CT molecular complexity index is 1380. The van der Waals surface area contributed by atoms with E-state index in [0.717, 1.165) is 38.5 Å². The van der Waals surface area contributed by atoms with Crippen LogP contribution in [0.15, 0.2) is 12.2 Å². The Hall–Kier alpha value is -1.97. The second-order valence-electron chi connectivity index (χ2n) is 27.0. The first-order valence-electron chi connectivity index (χ1n) is 37.3. The van der Waals surface area contributed by atoms with Gasteiger partial charge in [-0.2, -0.15) is 0 Å². The number of ether oxygens (including phenoxy) is 4. The van der Waals surface area contributed by atoms with E-state index in [9.17, 15) is 19.5 Å². The Labute approximate surface area is 523 Å². The molecular weight excluding hydrogens is 1040 g/mol. The maximum atomic E-state index is 12.9. The van der Waals surface area contributed by atoms with Crippen LogP contribution < -0.4 is 5.11 Å². The summed E-state index contributed by atoms with van der Waals surface area (Å²) in [5, 5.41) is 11.8. The van der Waals surface area contributed by atoms with Gasteiger partial charge in [-0.25, -0.2) is 0 Å². The second kappa shape index (κ2) is 67.0. The third kappa shape index (κ3) is 67.5. The number of likely N-dealkylation sites (N-methyl/N-ethyl adjacent to an activating group) is 1. The number of esters is 2. The van der Waals surface area contributed by atoms with E-state index in [0.29, 0.717) is 17.4 Å². The average molecular weight is 1190 g/mol. The molecular formula is C75H145NO8. The summed E-state index contributed by atoms with van der Waals surface area (Å²) in [5.74, 6) is -2.25. The summed E-state index contributed by atoms with van der Waals surface area (Å²) in [6, 6.07) is 0. The zero-order valence-corrected chi connectivity index (χ0v) is 57.1. The first-order chi connectivity index (χ1) is 41.1. The van der Waals surface area contributed by atoms with Crippen LogP contribution in [-0.4, -0.2) is 82.3 Å². The molecule has 0 heterocycles. The van der Waals surface area contributed by atoms with Crippen LogP contribution >= 0.6 is 0 Å². The first kappa shape index (κ1) is 82.0. The van der Waals surface area contributed by atoms with Crippen molar-refractivity contribution in [2.75, 3.05) is 47.5 Å². The number of unbranched alkanes of at least 4 members (excludes halogenated alkanes) is 54. The van der Waals surface area contributed by atoms with E-state index in [2.05, 4.69) is 26.0 Å². The molecule has 2 atom stereocenters. The van der Waals surface area contributed by atoms with Gasteiger partial charge in [0.1, 0.15) is 13.2 Å². The second-order valence-corrected chi connectivity index (χ2v) is 27.0. The van der Waals surface area contributed by atoms with Crippen LogP contribution in [0.25, 0.3) is 0 Å². The molecule has 9 nitrogen and oxygen atoms in total. The minimum Gasteiger partial charge on any atom is -0.545 e. The lowest BCUT2D eigenvalue weighted by atomic mass is 10.0. The van der Waals surface area contributed by atoms with Gasteiger partial charge < -0.3 is 33.3 Å². The number of rotatable bonds is 71. The lowest BCUT2D eigenvalue weighted by molar-refractivity contribution is -0.870. The van der Waals surface area contributed by atoms with Gasteiger partial charge >= 0.3 is 11.9 Å². The summed E-state index contributed by atoms with van der Waals surface area (Å²) in [6.45, 7) is 4.83. The fourth-order valence-corrected chi connectivity index (χ4v) is 11.5. The van der Waals surface area contributed by atoms with Crippen LogP contribution in [0.5, 0.6) is 0 Å². The fourth-order valence-electron chi connectivity index (χ4n) is 11.5. The number of nitrogens with zero attached hydrogens (tertiary/aromatic N) is 1. The Kier molecular flexibility index (Phi) is 65.4. The molecule has 0 rings (SSSR count). The van der Waals surface area contributed by atoms with Gasteiger partial charge in [-0.1, -0.05) is 353 Å². The normalized spacial score (nSPS) is 12.6. The molecule has 84 heavy (non-hydrogen) atoms. The summed E-state index contributed by atoms with van der Waals surface area (Å²) in [5.41, 5.74) is 0. The third-order valence-electron chi connectivity index (χ3n) is 17.3. The number of quaternary nitrogens is 1. The van der Waals surface area contributed by atoms with Crippen molar-refractivity contribution < 1.29 is 42.9 Å². The van der Waals surface area contributed by atoms with Crippen molar-refractivity contribution in [3.05, 3.63) is 12.2 Å². The molecule has 0 aliphatic heterocycles. The Morgan fingerprint density at radius 2 is 0.607 bits per heavy atom. The van der Waals surface area contributed by atoms with Crippen LogP contribution in [0.2, 0.25) is 0 Å². The Morgan fingerprint density at radius 1 is 0.345 bits per heavy atom. The summed E-state index contributed by atoms with van der Waals surface area (Å²) in [7, 11) is 5.95. The molecule has 0 saturated carbocycles. The Balaban J connectivity index is 3.96. The molecule has 0 aromatic rings. The highest BCUT2D eigenvalue weighted by atomic mass is 16.7. The molecule has 0 N–H and O–H groups in total. The molecule has 0 aromatic heterocycles. The summed E-state index contributed by atoms with van der Waals surface area (Å²) >= 11 is 0. The topological polar surface area (TPSA) is 111 Å². The van der Waals surface area contributed by atoms with Crippen molar-refractivity contribution >= 4 is 17.9 Å². The van der Waals surface area contributed by atoms with E-state index in [1.165, 1.54) is 327 Å². The largest absolute Gasteiger partial charge is 0.545 e. The minimum atomic E-state index is -1.62. The number of allylic oxidation sites excluding steroid dienone is 2. The summed E-state index contributed by atoms with van der Waals surface area (Å²) < 4.78 is 22.8. The molecule has 0 fully saturated rings. The van der Waals surface area contributed by atoms with Crippen LogP contribution in [0.1, 0.15) is 393 Å². The van der Waals surface area contributed by atoms with Crippen molar-refractivity contribution in [1.29, 1.82) is 0 Å². The molecule has 9 heteroatoms. The highest BCUT2D eigenvalue weighted by molar-refractivity contribution is 5.70.